The lowest BCUT2D eigenvalue weighted by Crippen LogP contribution is -1.99. The smallest absolute Gasteiger partial charge is 0.156 e. The van der Waals surface area contributed by atoms with E-state index in [1.165, 1.54) is 11.1 Å². The monoisotopic (exact) mass is 212 g/mol. The third kappa shape index (κ3) is 3.20. The molecule has 0 atom stereocenters. The molecule has 16 heavy (non-hydrogen) atoms. The third-order valence-corrected chi connectivity index (χ3v) is 2.83. The maximum atomic E-state index is 11.0. The van der Waals surface area contributed by atoms with Gasteiger partial charge in [0.15, 0.2) is 5.78 Å². The van der Waals surface area contributed by atoms with Crippen molar-refractivity contribution >= 4 is 5.78 Å². The summed E-state index contributed by atoms with van der Waals surface area (Å²) in [6.45, 7) is 0. The van der Waals surface area contributed by atoms with E-state index in [1.807, 2.05) is 12.1 Å². The van der Waals surface area contributed by atoms with Crippen molar-refractivity contribution < 1.29 is 4.79 Å². The van der Waals surface area contributed by atoms with E-state index in [-0.39, 0.29) is 5.78 Å². The van der Waals surface area contributed by atoms with Gasteiger partial charge in [0.05, 0.1) is 0 Å². The molecule has 0 N–H and O–H groups in total. The zero-order chi connectivity index (χ0) is 11.2. The molecule has 1 heteroatoms. The SMILES string of the molecule is O=C1C=CC(=CCCc2ccccc2)CC1. The van der Waals surface area contributed by atoms with Gasteiger partial charge in [0, 0.05) is 6.42 Å². The summed E-state index contributed by atoms with van der Waals surface area (Å²) in [7, 11) is 0. The van der Waals surface area contributed by atoms with Crippen LogP contribution < -0.4 is 0 Å². The van der Waals surface area contributed by atoms with Crippen LogP contribution in [0.5, 0.6) is 0 Å². The first-order valence-corrected chi connectivity index (χ1v) is 5.78. The Bertz CT molecular complexity index is 412. The number of benzene rings is 1. The van der Waals surface area contributed by atoms with Crippen molar-refractivity contribution in [3.8, 4) is 0 Å². The molecule has 0 fully saturated rings. The lowest BCUT2D eigenvalue weighted by atomic mass is 9.99. The molecule has 0 saturated heterocycles. The van der Waals surface area contributed by atoms with Gasteiger partial charge >= 0.3 is 0 Å². The summed E-state index contributed by atoms with van der Waals surface area (Å²) in [5, 5.41) is 0. The van der Waals surface area contributed by atoms with Gasteiger partial charge in [-0.15, -0.1) is 0 Å². The van der Waals surface area contributed by atoms with Gasteiger partial charge in [0.1, 0.15) is 0 Å². The number of carbonyl (C=O) groups excluding carboxylic acids is 1. The minimum Gasteiger partial charge on any atom is -0.295 e. The molecular formula is C15H16O. The van der Waals surface area contributed by atoms with Crippen molar-refractivity contribution in [2.24, 2.45) is 0 Å². The van der Waals surface area contributed by atoms with Crippen LogP contribution in [0.3, 0.4) is 0 Å². The lowest BCUT2D eigenvalue weighted by Gasteiger charge is -2.06. The number of ketones is 1. The highest BCUT2D eigenvalue weighted by Gasteiger charge is 2.05. The van der Waals surface area contributed by atoms with Crippen LogP contribution in [0, 0.1) is 0 Å². The molecule has 0 spiro atoms. The summed E-state index contributed by atoms with van der Waals surface area (Å²) < 4.78 is 0. The first kappa shape index (κ1) is 10.9. The number of hydrogen-bond acceptors (Lipinski definition) is 1. The molecule has 82 valence electrons. The number of carbonyl (C=O) groups is 1. The van der Waals surface area contributed by atoms with Crippen molar-refractivity contribution in [1.29, 1.82) is 0 Å². The summed E-state index contributed by atoms with van der Waals surface area (Å²) in [4.78, 5) is 11.0. The van der Waals surface area contributed by atoms with E-state index in [4.69, 9.17) is 0 Å². The molecule has 0 unspecified atom stereocenters. The fourth-order valence-corrected chi connectivity index (χ4v) is 1.87. The predicted octanol–water partition coefficient (Wildman–Crippen LogP) is 3.46. The van der Waals surface area contributed by atoms with Gasteiger partial charge in [0.25, 0.3) is 0 Å². The van der Waals surface area contributed by atoms with Crippen LogP contribution in [0.15, 0.2) is 54.1 Å². The summed E-state index contributed by atoms with van der Waals surface area (Å²) in [6, 6.07) is 10.5. The van der Waals surface area contributed by atoms with Crippen LogP contribution in [0.25, 0.3) is 0 Å². The zero-order valence-electron chi connectivity index (χ0n) is 9.36. The average Bonchev–Trinajstić information content (AvgIpc) is 2.33. The Morgan fingerprint density at radius 1 is 1.06 bits per heavy atom. The second-order valence-corrected chi connectivity index (χ2v) is 4.10. The van der Waals surface area contributed by atoms with E-state index in [2.05, 4.69) is 30.3 Å². The molecule has 0 aromatic heterocycles. The molecule has 1 aliphatic carbocycles. The predicted molar refractivity (Wildman–Crippen MR) is 66.2 cm³/mol. The number of hydrogen-bond donors (Lipinski definition) is 0. The number of rotatable bonds is 3. The molecule has 1 nitrogen and oxygen atoms in total. The molecule has 0 aliphatic heterocycles. The first-order chi connectivity index (χ1) is 7.84. The quantitative estimate of drug-likeness (QED) is 0.749. The molecule has 0 saturated carbocycles. The van der Waals surface area contributed by atoms with E-state index < -0.39 is 0 Å². The van der Waals surface area contributed by atoms with Gasteiger partial charge in [0.2, 0.25) is 0 Å². The van der Waals surface area contributed by atoms with Crippen molar-refractivity contribution in [2.45, 2.75) is 25.7 Å². The largest absolute Gasteiger partial charge is 0.295 e. The Kier molecular flexibility index (Phi) is 3.71. The van der Waals surface area contributed by atoms with Crippen LogP contribution in [0.2, 0.25) is 0 Å². The first-order valence-electron chi connectivity index (χ1n) is 5.78. The van der Waals surface area contributed by atoms with Gasteiger partial charge in [-0.2, -0.15) is 0 Å². The Hall–Kier alpha value is -1.63. The Labute approximate surface area is 96.5 Å². The summed E-state index contributed by atoms with van der Waals surface area (Å²) in [5.74, 6) is 0.250. The Morgan fingerprint density at radius 2 is 1.88 bits per heavy atom. The van der Waals surface area contributed by atoms with Crippen LogP contribution >= 0.6 is 0 Å². The van der Waals surface area contributed by atoms with Gasteiger partial charge < -0.3 is 0 Å². The minimum atomic E-state index is 0.250. The van der Waals surface area contributed by atoms with E-state index in [0.29, 0.717) is 6.42 Å². The fraction of sp³-hybridized carbons (Fsp3) is 0.267. The van der Waals surface area contributed by atoms with Gasteiger partial charge in [-0.25, -0.2) is 0 Å². The average molecular weight is 212 g/mol. The molecular weight excluding hydrogens is 196 g/mol. The zero-order valence-corrected chi connectivity index (χ0v) is 9.36. The summed E-state index contributed by atoms with van der Waals surface area (Å²) >= 11 is 0. The maximum absolute atomic E-state index is 11.0. The minimum absolute atomic E-state index is 0.250. The van der Waals surface area contributed by atoms with Crippen molar-refractivity contribution in [2.75, 3.05) is 0 Å². The van der Waals surface area contributed by atoms with E-state index in [1.54, 1.807) is 6.08 Å². The topological polar surface area (TPSA) is 17.1 Å². The van der Waals surface area contributed by atoms with E-state index in [0.717, 1.165) is 19.3 Å². The molecule has 0 amide bonds. The van der Waals surface area contributed by atoms with Crippen molar-refractivity contribution in [3.05, 3.63) is 59.7 Å². The van der Waals surface area contributed by atoms with Crippen LogP contribution in [0.1, 0.15) is 24.8 Å². The molecule has 0 radical (unpaired) electrons. The Morgan fingerprint density at radius 3 is 2.56 bits per heavy atom. The summed E-state index contributed by atoms with van der Waals surface area (Å²) in [5.41, 5.74) is 2.67. The normalized spacial score (nSPS) is 18.0. The lowest BCUT2D eigenvalue weighted by molar-refractivity contribution is -0.114. The Balaban J connectivity index is 1.86. The molecule has 1 aromatic rings. The van der Waals surface area contributed by atoms with Crippen LogP contribution in [-0.4, -0.2) is 5.78 Å². The van der Waals surface area contributed by atoms with Crippen molar-refractivity contribution in [3.63, 3.8) is 0 Å². The number of allylic oxidation sites excluding steroid dienone is 4. The highest BCUT2D eigenvalue weighted by atomic mass is 16.1. The van der Waals surface area contributed by atoms with Gasteiger partial charge in [-0.1, -0.05) is 48.1 Å². The standard InChI is InChI=1S/C15H16O/c16-15-11-9-14(10-12-15)8-4-7-13-5-2-1-3-6-13/h1-3,5-6,8-9,11H,4,7,10,12H2. The summed E-state index contributed by atoms with van der Waals surface area (Å²) in [6.07, 6.45) is 9.60. The fourth-order valence-electron chi connectivity index (χ4n) is 1.87. The second-order valence-electron chi connectivity index (χ2n) is 4.10. The third-order valence-electron chi connectivity index (χ3n) is 2.83. The van der Waals surface area contributed by atoms with E-state index in [9.17, 15) is 4.79 Å². The number of aryl methyl sites for hydroxylation is 1. The van der Waals surface area contributed by atoms with Gasteiger partial charge in [-0.05, 0) is 30.9 Å². The van der Waals surface area contributed by atoms with Gasteiger partial charge in [-0.3, -0.25) is 4.79 Å². The van der Waals surface area contributed by atoms with Crippen LogP contribution in [-0.2, 0) is 11.2 Å². The molecule has 1 aromatic carbocycles. The molecule has 1 aliphatic rings. The molecule has 0 bridgehead atoms. The second kappa shape index (κ2) is 5.45. The maximum Gasteiger partial charge on any atom is 0.156 e. The molecule has 0 heterocycles. The van der Waals surface area contributed by atoms with E-state index >= 15 is 0 Å². The molecule has 2 rings (SSSR count). The van der Waals surface area contributed by atoms with Crippen molar-refractivity contribution in [1.82, 2.24) is 0 Å². The highest BCUT2D eigenvalue weighted by molar-refractivity contribution is 5.91. The van der Waals surface area contributed by atoms with Crippen LogP contribution in [0.4, 0.5) is 0 Å². The highest BCUT2D eigenvalue weighted by Crippen LogP contribution is 2.15.